The average molecular weight is 398 g/mol. The largest absolute Gasteiger partial charge is 0.495 e. The molecule has 1 aliphatic carbocycles. The SMILES string of the molecule is COc1ccc(C(=O)OC(C)C(=O)NCC(C)C)cc1S(=O)(=O)NC1CC1. The van der Waals surface area contributed by atoms with Gasteiger partial charge in [0, 0.05) is 12.6 Å². The van der Waals surface area contributed by atoms with E-state index in [-0.39, 0.29) is 28.2 Å². The first kappa shape index (κ1) is 21.2. The van der Waals surface area contributed by atoms with Crippen molar-refractivity contribution in [2.24, 2.45) is 5.92 Å². The van der Waals surface area contributed by atoms with E-state index in [4.69, 9.17) is 9.47 Å². The van der Waals surface area contributed by atoms with Crippen LogP contribution in [0.5, 0.6) is 5.75 Å². The zero-order valence-electron chi connectivity index (χ0n) is 15.9. The van der Waals surface area contributed by atoms with Crippen molar-refractivity contribution < 1.29 is 27.5 Å². The van der Waals surface area contributed by atoms with Gasteiger partial charge in [0.25, 0.3) is 5.91 Å². The number of esters is 1. The van der Waals surface area contributed by atoms with Crippen molar-refractivity contribution in [1.82, 2.24) is 10.0 Å². The van der Waals surface area contributed by atoms with Crippen molar-refractivity contribution in [2.75, 3.05) is 13.7 Å². The van der Waals surface area contributed by atoms with Gasteiger partial charge in [0.15, 0.2) is 6.10 Å². The summed E-state index contributed by atoms with van der Waals surface area (Å²) >= 11 is 0. The molecule has 0 aliphatic heterocycles. The van der Waals surface area contributed by atoms with Crippen LogP contribution >= 0.6 is 0 Å². The number of sulfonamides is 1. The third-order valence-corrected chi connectivity index (χ3v) is 5.47. The predicted octanol–water partition coefficient (Wildman–Crippen LogP) is 1.45. The van der Waals surface area contributed by atoms with Gasteiger partial charge in [-0.25, -0.2) is 17.9 Å². The number of hydrogen-bond acceptors (Lipinski definition) is 6. The highest BCUT2D eigenvalue weighted by Gasteiger charge is 2.30. The molecule has 1 unspecified atom stereocenters. The molecule has 1 saturated carbocycles. The number of carbonyl (C=O) groups is 2. The Labute approximate surface area is 159 Å². The quantitative estimate of drug-likeness (QED) is 0.609. The lowest BCUT2D eigenvalue weighted by molar-refractivity contribution is -0.129. The minimum atomic E-state index is -3.82. The van der Waals surface area contributed by atoms with Crippen molar-refractivity contribution in [1.29, 1.82) is 0 Å². The van der Waals surface area contributed by atoms with Gasteiger partial charge in [-0.05, 0) is 43.9 Å². The van der Waals surface area contributed by atoms with Crippen LogP contribution in [0.2, 0.25) is 0 Å². The third kappa shape index (κ3) is 5.93. The van der Waals surface area contributed by atoms with Crippen LogP contribution in [0.25, 0.3) is 0 Å². The van der Waals surface area contributed by atoms with E-state index in [0.717, 1.165) is 12.8 Å². The molecule has 1 atom stereocenters. The normalized spacial score (nSPS) is 15.3. The van der Waals surface area contributed by atoms with Crippen LogP contribution in [0.15, 0.2) is 23.1 Å². The number of amides is 1. The van der Waals surface area contributed by atoms with Crippen LogP contribution in [-0.2, 0) is 19.6 Å². The first-order chi connectivity index (χ1) is 12.6. The number of methoxy groups -OCH3 is 1. The third-order valence-electron chi connectivity index (χ3n) is 3.93. The smallest absolute Gasteiger partial charge is 0.338 e. The zero-order chi connectivity index (χ0) is 20.2. The lowest BCUT2D eigenvalue weighted by Crippen LogP contribution is -2.37. The fourth-order valence-electron chi connectivity index (χ4n) is 2.23. The van der Waals surface area contributed by atoms with Crippen molar-refractivity contribution in [3.63, 3.8) is 0 Å². The molecule has 0 aromatic heterocycles. The van der Waals surface area contributed by atoms with E-state index in [1.807, 2.05) is 13.8 Å². The summed E-state index contributed by atoms with van der Waals surface area (Å²) in [4.78, 5) is 24.2. The molecule has 2 N–H and O–H groups in total. The molecule has 8 nitrogen and oxygen atoms in total. The number of nitrogens with one attached hydrogen (secondary N) is 2. The van der Waals surface area contributed by atoms with Gasteiger partial charge in [-0.2, -0.15) is 0 Å². The molecule has 1 aromatic carbocycles. The highest BCUT2D eigenvalue weighted by Crippen LogP contribution is 2.28. The average Bonchev–Trinajstić information content (AvgIpc) is 3.42. The van der Waals surface area contributed by atoms with Gasteiger partial charge >= 0.3 is 5.97 Å². The first-order valence-electron chi connectivity index (χ1n) is 8.83. The van der Waals surface area contributed by atoms with Gasteiger partial charge in [-0.3, -0.25) is 4.79 Å². The van der Waals surface area contributed by atoms with E-state index in [1.165, 1.54) is 32.2 Å². The van der Waals surface area contributed by atoms with Crippen LogP contribution in [0.3, 0.4) is 0 Å². The zero-order valence-corrected chi connectivity index (χ0v) is 16.8. The van der Waals surface area contributed by atoms with E-state index >= 15 is 0 Å². The Kier molecular flexibility index (Phi) is 6.83. The van der Waals surface area contributed by atoms with Gasteiger partial charge in [0.1, 0.15) is 10.6 Å². The fourth-order valence-corrected chi connectivity index (χ4v) is 3.73. The summed E-state index contributed by atoms with van der Waals surface area (Å²) in [6.45, 7) is 5.83. The molecular weight excluding hydrogens is 372 g/mol. The standard InChI is InChI=1S/C18H26N2O6S/c1-11(2)10-19-17(21)12(3)26-18(22)13-5-8-15(25-4)16(9-13)27(23,24)20-14-6-7-14/h5,8-9,11-12,14,20H,6-7,10H2,1-4H3,(H,19,21). The Hall–Kier alpha value is -2.13. The maximum Gasteiger partial charge on any atom is 0.338 e. The summed E-state index contributed by atoms with van der Waals surface area (Å²) < 4.78 is 37.8. The van der Waals surface area contributed by atoms with E-state index in [0.29, 0.717) is 6.54 Å². The molecule has 1 aromatic rings. The second-order valence-corrected chi connectivity index (χ2v) is 8.63. The molecule has 0 saturated heterocycles. The second-order valence-electron chi connectivity index (χ2n) is 6.95. The lowest BCUT2D eigenvalue weighted by atomic mass is 10.2. The molecule has 27 heavy (non-hydrogen) atoms. The molecule has 150 valence electrons. The Bertz CT molecular complexity index is 802. The number of benzene rings is 1. The van der Waals surface area contributed by atoms with E-state index in [2.05, 4.69) is 10.0 Å². The Morgan fingerprint density at radius 3 is 2.44 bits per heavy atom. The van der Waals surface area contributed by atoms with Crippen molar-refractivity contribution in [3.8, 4) is 5.75 Å². The highest BCUT2D eigenvalue weighted by atomic mass is 32.2. The molecule has 0 heterocycles. The Morgan fingerprint density at radius 1 is 1.22 bits per heavy atom. The van der Waals surface area contributed by atoms with E-state index < -0.39 is 28.0 Å². The van der Waals surface area contributed by atoms with Gasteiger partial charge < -0.3 is 14.8 Å². The summed E-state index contributed by atoms with van der Waals surface area (Å²) in [7, 11) is -2.47. The molecule has 1 aliphatic rings. The lowest BCUT2D eigenvalue weighted by Gasteiger charge is -2.15. The van der Waals surface area contributed by atoms with Crippen LogP contribution in [0, 0.1) is 5.92 Å². The van der Waals surface area contributed by atoms with Crippen molar-refractivity contribution in [2.45, 2.75) is 50.7 Å². The van der Waals surface area contributed by atoms with Gasteiger partial charge in [0.2, 0.25) is 10.0 Å². The summed E-state index contributed by atoms with van der Waals surface area (Å²) in [5.74, 6) is -0.797. The minimum Gasteiger partial charge on any atom is -0.495 e. The summed E-state index contributed by atoms with van der Waals surface area (Å²) in [6.07, 6.45) is 0.571. The number of carbonyl (C=O) groups excluding carboxylic acids is 2. The van der Waals surface area contributed by atoms with Crippen LogP contribution in [0.4, 0.5) is 0 Å². The summed E-state index contributed by atoms with van der Waals surface area (Å²) in [6, 6.07) is 3.90. The topological polar surface area (TPSA) is 111 Å². The summed E-state index contributed by atoms with van der Waals surface area (Å²) in [5, 5.41) is 2.68. The van der Waals surface area contributed by atoms with Crippen LogP contribution in [0.1, 0.15) is 44.0 Å². The van der Waals surface area contributed by atoms with Gasteiger partial charge in [-0.15, -0.1) is 0 Å². The second kappa shape index (κ2) is 8.71. The van der Waals surface area contributed by atoms with Crippen molar-refractivity contribution in [3.05, 3.63) is 23.8 Å². The molecule has 0 bridgehead atoms. The van der Waals surface area contributed by atoms with Crippen LogP contribution in [-0.4, -0.2) is 46.1 Å². The molecule has 9 heteroatoms. The number of ether oxygens (including phenoxy) is 2. The fraction of sp³-hybridized carbons (Fsp3) is 0.556. The maximum atomic E-state index is 12.5. The predicted molar refractivity (Wildman–Crippen MR) is 99.1 cm³/mol. The maximum absolute atomic E-state index is 12.5. The molecular formula is C18H26N2O6S. The minimum absolute atomic E-state index is 0.0236. The van der Waals surface area contributed by atoms with Gasteiger partial charge in [0.05, 0.1) is 12.7 Å². The van der Waals surface area contributed by atoms with E-state index in [9.17, 15) is 18.0 Å². The molecule has 1 amide bonds. The molecule has 0 spiro atoms. The van der Waals surface area contributed by atoms with Crippen molar-refractivity contribution >= 4 is 21.9 Å². The van der Waals surface area contributed by atoms with Gasteiger partial charge in [-0.1, -0.05) is 13.8 Å². The number of hydrogen-bond donors (Lipinski definition) is 2. The van der Waals surface area contributed by atoms with E-state index in [1.54, 1.807) is 0 Å². The Morgan fingerprint density at radius 2 is 1.89 bits per heavy atom. The molecule has 1 fully saturated rings. The highest BCUT2D eigenvalue weighted by molar-refractivity contribution is 7.89. The Balaban J connectivity index is 2.14. The first-order valence-corrected chi connectivity index (χ1v) is 10.3. The summed E-state index contributed by atoms with van der Waals surface area (Å²) in [5.41, 5.74) is 0.0236. The van der Waals surface area contributed by atoms with Crippen LogP contribution < -0.4 is 14.8 Å². The number of rotatable bonds is 9. The molecule has 0 radical (unpaired) electrons. The monoisotopic (exact) mass is 398 g/mol. The molecule has 2 rings (SSSR count).